The molecule has 0 nitrogen and oxygen atoms in total. The fourth-order valence-corrected chi connectivity index (χ4v) is 2.51. The maximum atomic E-state index is 2.51. The Morgan fingerprint density at radius 1 is 1.58 bits per heavy atom. The van der Waals surface area contributed by atoms with E-state index in [2.05, 4.69) is 35.6 Å². The van der Waals surface area contributed by atoms with Gasteiger partial charge in [0.05, 0.1) is 0 Å². The van der Waals surface area contributed by atoms with Gasteiger partial charge in [0.2, 0.25) is 0 Å². The summed E-state index contributed by atoms with van der Waals surface area (Å²) in [7, 11) is 0. The average molecular weight is 278 g/mol. The Morgan fingerprint density at radius 2 is 2.42 bits per heavy atom. The van der Waals surface area contributed by atoms with Gasteiger partial charge in [0.15, 0.2) is 0 Å². The van der Waals surface area contributed by atoms with E-state index in [9.17, 15) is 0 Å². The Morgan fingerprint density at radius 3 is 2.92 bits per heavy atom. The van der Waals surface area contributed by atoms with Crippen LogP contribution < -0.4 is 0 Å². The molecule has 0 aliphatic heterocycles. The van der Waals surface area contributed by atoms with Crippen LogP contribution in [-0.4, -0.2) is 4.43 Å². The van der Waals surface area contributed by atoms with Crippen LogP contribution >= 0.6 is 22.6 Å². The molecule has 0 spiro atoms. The maximum Gasteiger partial charge on any atom is 0.00267 e. The van der Waals surface area contributed by atoms with Crippen LogP contribution in [-0.2, 0) is 0 Å². The summed E-state index contributed by atoms with van der Waals surface area (Å²) in [5, 5.41) is 0. The van der Waals surface area contributed by atoms with Crippen molar-refractivity contribution in [2.45, 2.75) is 45.4 Å². The lowest BCUT2D eigenvalue weighted by atomic mass is 9.89. The molecule has 0 aromatic carbocycles. The van der Waals surface area contributed by atoms with E-state index in [1.165, 1.54) is 43.0 Å². The van der Waals surface area contributed by atoms with Crippen molar-refractivity contribution in [3.05, 3.63) is 11.6 Å². The number of halogens is 1. The first-order valence-corrected chi connectivity index (χ1v) is 6.63. The van der Waals surface area contributed by atoms with Gasteiger partial charge in [-0.25, -0.2) is 0 Å². The molecule has 0 amide bonds. The summed E-state index contributed by atoms with van der Waals surface area (Å²) < 4.78 is 1.34. The molecule has 1 rings (SSSR count). The quantitative estimate of drug-likeness (QED) is 0.408. The molecule has 12 heavy (non-hydrogen) atoms. The SMILES string of the molecule is CCCCC1=CCC(CI)CC1. The number of unbranched alkanes of at least 4 members (excludes halogenated alkanes) is 1. The number of hydrogen-bond donors (Lipinski definition) is 0. The maximum absolute atomic E-state index is 2.51. The lowest BCUT2D eigenvalue weighted by Gasteiger charge is -2.19. The highest BCUT2D eigenvalue weighted by Crippen LogP contribution is 2.27. The standard InChI is InChI=1S/C11H19I/c1-2-3-4-10-5-7-11(9-12)8-6-10/h5,11H,2-4,6-9H2,1H3. The van der Waals surface area contributed by atoms with Crippen LogP contribution in [0.3, 0.4) is 0 Å². The van der Waals surface area contributed by atoms with Gasteiger partial charge in [0.1, 0.15) is 0 Å². The van der Waals surface area contributed by atoms with E-state index >= 15 is 0 Å². The van der Waals surface area contributed by atoms with Crippen molar-refractivity contribution < 1.29 is 0 Å². The Kier molecular flexibility index (Phi) is 5.28. The van der Waals surface area contributed by atoms with Crippen molar-refractivity contribution in [1.82, 2.24) is 0 Å². The third-order valence-electron chi connectivity index (χ3n) is 2.68. The molecule has 0 aromatic heterocycles. The molecular weight excluding hydrogens is 259 g/mol. The van der Waals surface area contributed by atoms with E-state index in [-0.39, 0.29) is 0 Å². The van der Waals surface area contributed by atoms with Crippen LogP contribution in [0.1, 0.15) is 45.4 Å². The number of allylic oxidation sites excluding steroid dienone is 2. The fraction of sp³-hybridized carbons (Fsp3) is 0.818. The van der Waals surface area contributed by atoms with Crippen LogP contribution in [0, 0.1) is 5.92 Å². The number of rotatable bonds is 4. The second kappa shape index (κ2) is 6.01. The zero-order valence-corrected chi connectivity index (χ0v) is 10.1. The third kappa shape index (κ3) is 3.46. The highest BCUT2D eigenvalue weighted by atomic mass is 127. The zero-order chi connectivity index (χ0) is 8.81. The van der Waals surface area contributed by atoms with Gasteiger partial charge in [0, 0.05) is 4.43 Å². The molecule has 0 fully saturated rings. The van der Waals surface area contributed by atoms with Crippen molar-refractivity contribution in [2.24, 2.45) is 5.92 Å². The van der Waals surface area contributed by atoms with Gasteiger partial charge in [-0.15, -0.1) is 0 Å². The first kappa shape index (κ1) is 10.6. The van der Waals surface area contributed by atoms with E-state index in [0.717, 1.165) is 5.92 Å². The predicted octanol–water partition coefficient (Wildman–Crippen LogP) is 4.34. The normalized spacial score (nSPS) is 23.8. The second-order valence-electron chi connectivity index (χ2n) is 3.76. The van der Waals surface area contributed by atoms with Crippen molar-refractivity contribution >= 4 is 22.6 Å². The molecule has 0 radical (unpaired) electrons. The van der Waals surface area contributed by atoms with Gasteiger partial charge in [0.25, 0.3) is 0 Å². The molecule has 0 aromatic rings. The Labute approximate surface area is 90.0 Å². The van der Waals surface area contributed by atoms with Crippen molar-refractivity contribution in [3.63, 3.8) is 0 Å². The summed E-state index contributed by atoms with van der Waals surface area (Å²) in [4.78, 5) is 0. The van der Waals surface area contributed by atoms with Crippen LogP contribution in [0.15, 0.2) is 11.6 Å². The molecule has 0 saturated heterocycles. The van der Waals surface area contributed by atoms with Gasteiger partial charge in [-0.05, 0) is 38.0 Å². The van der Waals surface area contributed by atoms with E-state index < -0.39 is 0 Å². The molecule has 1 unspecified atom stereocenters. The van der Waals surface area contributed by atoms with Crippen LogP contribution in [0.25, 0.3) is 0 Å². The van der Waals surface area contributed by atoms with E-state index in [1.807, 2.05) is 0 Å². The minimum Gasteiger partial charge on any atom is -0.0861 e. The van der Waals surface area contributed by atoms with Crippen LogP contribution in [0.2, 0.25) is 0 Å². The van der Waals surface area contributed by atoms with Crippen LogP contribution in [0.4, 0.5) is 0 Å². The molecule has 70 valence electrons. The summed E-state index contributed by atoms with van der Waals surface area (Å²) >= 11 is 2.51. The van der Waals surface area contributed by atoms with Gasteiger partial charge >= 0.3 is 0 Å². The average Bonchev–Trinajstić information content (AvgIpc) is 2.15. The third-order valence-corrected chi connectivity index (χ3v) is 3.93. The largest absolute Gasteiger partial charge is 0.0861 e. The minimum absolute atomic E-state index is 0.982. The lowest BCUT2D eigenvalue weighted by Crippen LogP contribution is -2.06. The van der Waals surface area contributed by atoms with E-state index in [0.29, 0.717) is 0 Å². The lowest BCUT2D eigenvalue weighted by molar-refractivity contribution is 0.516. The van der Waals surface area contributed by atoms with Crippen LogP contribution in [0.5, 0.6) is 0 Å². The Balaban J connectivity index is 2.24. The van der Waals surface area contributed by atoms with Gasteiger partial charge in [-0.2, -0.15) is 0 Å². The Hall–Kier alpha value is 0.470. The highest BCUT2D eigenvalue weighted by Gasteiger charge is 2.12. The Bertz CT molecular complexity index is 149. The first-order chi connectivity index (χ1) is 5.86. The summed E-state index contributed by atoms with van der Waals surface area (Å²) in [6.45, 7) is 2.27. The van der Waals surface area contributed by atoms with Gasteiger partial charge in [-0.1, -0.05) is 47.6 Å². The topological polar surface area (TPSA) is 0 Å². The molecule has 0 heterocycles. The predicted molar refractivity (Wildman–Crippen MR) is 63.8 cm³/mol. The van der Waals surface area contributed by atoms with Gasteiger partial charge < -0.3 is 0 Å². The fourth-order valence-electron chi connectivity index (χ4n) is 1.71. The first-order valence-electron chi connectivity index (χ1n) is 5.10. The summed E-state index contributed by atoms with van der Waals surface area (Å²) in [6.07, 6.45) is 10.8. The summed E-state index contributed by atoms with van der Waals surface area (Å²) in [5.74, 6) is 0.982. The van der Waals surface area contributed by atoms with Crippen molar-refractivity contribution in [3.8, 4) is 0 Å². The monoisotopic (exact) mass is 278 g/mol. The highest BCUT2D eigenvalue weighted by molar-refractivity contribution is 14.1. The van der Waals surface area contributed by atoms with Crippen molar-refractivity contribution in [2.75, 3.05) is 4.43 Å². The summed E-state index contributed by atoms with van der Waals surface area (Å²) in [6, 6.07) is 0. The number of hydrogen-bond acceptors (Lipinski definition) is 0. The van der Waals surface area contributed by atoms with E-state index in [1.54, 1.807) is 5.57 Å². The molecule has 0 saturated carbocycles. The van der Waals surface area contributed by atoms with Crippen molar-refractivity contribution in [1.29, 1.82) is 0 Å². The molecule has 0 N–H and O–H groups in total. The molecule has 1 atom stereocenters. The smallest absolute Gasteiger partial charge is 0.00267 e. The second-order valence-corrected chi connectivity index (χ2v) is 4.64. The number of alkyl halides is 1. The molecule has 0 bridgehead atoms. The zero-order valence-electron chi connectivity index (χ0n) is 7.98. The molecule has 1 aliphatic rings. The minimum atomic E-state index is 0.982. The molecular formula is C11H19I. The summed E-state index contributed by atoms with van der Waals surface area (Å²) in [5.41, 5.74) is 1.73. The van der Waals surface area contributed by atoms with Gasteiger partial charge in [-0.3, -0.25) is 0 Å². The molecule has 1 aliphatic carbocycles. The molecule has 1 heteroatoms. The van der Waals surface area contributed by atoms with E-state index in [4.69, 9.17) is 0 Å².